The Kier molecular flexibility index (Phi) is 5.51. The van der Waals surface area contributed by atoms with Gasteiger partial charge in [-0.3, -0.25) is 4.68 Å². The lowest BCUT2D eigenvalue weighted by Crippen LogP contribution is -2.32. The highest BCUT2D eigenvalue weighted by molar-refractivity contribution is 7.19. The number of rotatable bonds is 7. The zero-order valence-electron chi connectivity index (χ0n) is 18.3. The number of thiophene rings is 1. The van der Waals surface area contributed by atoms with Crippen LogP contribution in [-0.4, -0.2) is 36.9 Å². The number of carboxylic acid groups (broad SMARTS) is 1. The molecule has 7 nitrogen and oxygen atoms in total. The van der Waals surface area contributed by atoms with Crippen LogP contribution in [0, 0.1) is 0 Å². The summed E-state index contributed by atoms with van der Waals surface area (Å²) < 4.78 is 1.86. The average molecular weight is 458 g/mol. The molecule has 2 aromatic carbocycles. The van der Waals surface area contributed by atoms with E-state index < -0.39 is 12.0 Å². The first-order valence-electron chi connectivity index (χ1n) is 10.8. The van der Waals surface area contributed by atoms with Crippen molar-refractivity contribution < 1.29 is 9.90 Å². The summed E-state index contributed by atoms with van der Waals surface area (Å²) in [7, 11) is 1.93. The van der Waals surface area contributed by atoms with Crippen molar-refractivity contribution in [2.75, 3.05) is 5.32 Å². The molecule has 5 aromatic rings. The average Bonchev–Trinajstić information content (AvgIpc) is 3.40. The van der Waals surface area contributed by atoms with Crippen LogP contribution in [0.1, 0.15) is 17.4 Å². The first-order chi connectivity index (χ1) is 16.1. The van der Waals surface area contributed by atoms with Crippen LogP contribution in [0.4, 0.5) is 5.82 Å². The molecule has 166 valence electrons. The number of aryl methyl sites for hydroxylation is 2. The second kappa shape index (κ2) is 8.63. The van der Waals surface area contributed by atoms with Crippen LogP contribution in [0.15, 0.2) is 61.1 Å². The van der Waals surface area contributed by atoms with Crippen molar-refractivity contribution in [3.8, 4) is 11.1 Å². The fourth-order valence-electron chi connectivity index (χ4n) is 4.23. The molecule has 0 fully saturated rings. The van der Waals surface area contributed by atoms with E-state index in [4.69, 9.17) is 0 Å². The van der Waals surface area contributed by atoms with E-state index in [1.54, 1.807) is 11.3 Å². The maximum absolute atomic E-state index is 12.1. The Labute approximate surface area is 194 Å². The summed E-state index contributed by atoms with van der Waals surface area (Å²) in [6.45, 7) is 2.12. The summed E-state index contributed by atoms with van der Waals surface area (Å²) in [5.74, 6) is -0.386. The molecule has 33 heavy (non-hydrogen) atoms. The minimum absolute atomic E-state index is 0.347. The molecule has 0 aliphatic rings. The third-order valence-electron chi connectivity index (χ3n) is 5.84. The number of carbonyl (C=O) groups is 1. The van der Waals surface area contributed by atoms with Gasteiger partial charge in [-0.25, -0.2) is 14.8 Å². The summed E-state index contributed by atoms with van der Waals surface area (Å²) in [5.41, 5.74) is 4.08. The molecule has 0 radical (unpaired) electrons. The van der Waals surface area contributed by atoms with Gasteiger partial charge in [0.15, 0.2) is 0 Å². The maximum Gasteiger partial charge on any atom is 0.326 e. The second-order valence-electron chi connectivity index (χ2n) is 7.89. The zero-order valence-corrected chi connectivity index (χ0v) is 19.1. The lowest BCUT2D eigenvalue weighted by Gasteiger charge is -2.16. The first kappa shape index (κ1) is 21.1. The van der Waals surface area contributed by atoms with E-state index in [1.807, 2.05) is 60.4 Å². The van der Waals surface area contributed by atoms with E-state index in [0.717, 1.165) is 44.2 Å². The fraction of sp³-hybridized carbons (Fsp3) is 0.200. The first-order valence-corrected chi connectivity index (χ1v) is 11.6. The Morgan fingerprint density at radius 1 is 1.15 bits per heavy atom. The van der Waals surface area contributed by atoms with Gasteiger partial charge in [0.25, 0.3) is 0 Å². The van der Waals surface area contributed by atoms with E-state index in [1.165, 1.54) is 11.2 Å². The van der Waals surface area contributed by atoms with Crippen molar-refractivity contribution >= 4 is 44.2 Å². The van der Waals surface area contributed by atoms with Crippen LogP contribution >= 0.6 is 11.3 Å². The number of aliphatic carboxylic acids is 1. The number of benzene rings is 2. The number of hydrogen-bond acceptors (Lipinski definition) is 6. The highest BCUT2D eigenvalue weighted by atomic mass is 32.1. The normalized spacial score (nSPS) is 12.3. The van der Waals surface area contributed by atoms with Gasteiger partial charge in [-0.2, -0.15) is 5.10 Å². The Morgan fingerprint density at radius 2 is 1.97 bits per heavy atom. The van der Waals surface area contributed by atoms with Crippen LogP contribution in [0.2, 0.25) is 0 Å². The van der Waals surface area contributed by atoms with Crippen molar-refractivity contribution in [1.29, 1.82) is 0 Å². The van der Waals surface area contributed by atoms with E-state index in [9.17, 15) is 9.90 Å². The lowest BCUT2D eigenvalue weighted by atomic mass is 9.98. The van der Waals surface area contributed by atoms with Gasteiger partial charge in [0.05, 0.1) is 17.1 Å². The molecule has 3 aromatic heterocycles. The molecular weight excluding hydrogens is 434 g/mol. The summed E-state index contributed by atoms with van der Waals surface area (Å²) in [6, 6.07) is 14.9. The summed E-state index contributed by atoms with van der Waals surface area (Å²) in [4.78, 5) is 23.1. The fourth-order valence-corrected chi connectivity index (χ4v) is 5.33. The van der Waals surface area contributed by atoms with Crippen molar-refractivity contribution in [3.05, 3.63) is 71.5 Å². The molecule has 0 spiro atoms. The van der Waals surface area contributed by atoms with Gasteiger partial charge >= 0.3 is 5.97 Å². The monoisotopic (exact) mass is 457 g/mol. The summed E-state index contributed by atoms with van der Waals surface area (Å²) in [5, 5.41) is 19.5. The topological polar surface area (TPSA) is 92.9 Å². The van der Waals surface area contributed by atoms with Crippen molar-refractivity contribution in [1.82, 2.24) is 19.7 Å². The van der Waals surface area contributed by atoms with Crippen molar-refractivity contribution in [2.45, 2.75) is 25.8 Å². The highest BCUT2D eigenvalue weighted by Gasteiger charge is 2.24. The molecule has 8 heteroatoms. The molecule has 0 aliphatic heterocycles. The van der Waals surface area contributed by atoms with Gasteiger partial charge in [0.2, 0.25) is 0 Å². The van der Waals surface area contributed by atoms with Gasteiger partial charge in [-0.15, -0.1) is 11.3 Å². The van der Waals surface area contributed by atoms with Crippen molar-refractivity contribution in [2.24, 2.45) is 7.05 Å². The maximum atomic E-state index is 12.1. The number of nitrogens with zero attached hydrogens (tertiary/aromatic N) is 4. The molecule has 0 amide bonds. The number of fused-ring (bicyclic) bond motifs is 2. The molecule has 3 heterocycles. The van der Waals surface area contributed by atoms with Crippen LogP contribution in [0.5, 0.6) is 0 Å². The smallest absolute Gasteiger partial charge is 0.326 e. The third kappa shape index (κ3) is 3.82. The Morgan fingerprint density at radius 3 is 2.73 bits per heavy atom. The van der Waals surface area contributed by atoms with Gasteiger partial charge in [-0.05, 0) is 23.6 Å². The second-order valence-corrected chi connectivity index (χ2v) is 8.97. The molecule has 0 saturated carbocycles. The molecule has 1 atom stereocenters. The highest BCUT2D eigenvalue weighted by Crippen LogP contribution is 2.43. The molecule has 2 N–H and O–H groups in total. The van der Waals surface area contributed by atoms with E-state index in [0.29, 0.717) is 12.2 Å². The molecule has 1 unspecified atom stereocenters. The van der Waals surface area contributed by atoms with E-state index in [-0.39, 0.29) is 0 Å². The number of carboxylic acids is 1. The zero-order chi connectivity index (χ0) is 22.9. The SMILES string of the molecule is CCc1sc2ncnc(NC(Cc3ccccc3)C(=O)O)c2c1-c1cccc2c1cnn2C. The number of nitrogens with one attached hydrogen (secondary N) is 1. The number of hydrogen-bond donors (Lipinski definition) is 2. The van der Waals surface area contributed by atoms with Gasteiger partial charge in [0.1, 0.15) is 23.0 Å². The molecule has 5 rings (SSSR count). The quantitative estimate of drug-likeness (QED) is 0.361. The number of aromatic nitrogens is 4. The molecular formula is C25H23N5O2S. The molecule has 0 saturated heterocycles. The predicted octanol–water partition coefficient (Wildman–Crippen LogP) is 4.92. The van der Waals surface area contributed by atoms with Crippen LogP contribution in [-0.2, 0) is 24.7 Å². The Hall–Kier alpha value is -3.78. The van der Waals surface area contributed by atoms with E-state index >= 15 is 0 Å². The Balaban J connectivity index is 1.66. The largest absolute Gasteiger partial charge is 0.480 e. The number of anilines is 1. The van der Waals surface area contributed by atoms with Gasteiger partial charge < -0.3 is 10.4 Å². The predicted molar refractivity (Wildman–Crippen MR) is 132 cm³/mol. The van der Waals surface area contributed by atoms with Crippen molar-refractivity contribution in [3.63, 3.8) is 0 Å². The summed E-state index contributed by atoms with van der Waals surface area (Å²) in [6.07, 6.45) is 4.55. The summed E-state index contributed by atoms with van der Waals surface area (Å²) >= 11 is 1.62. The van der Waals surface area contributed by atoms with Crippen LogP contribution in [0.25, 0.3) is 32.2 Å². The van der Waals surface area contributed by atoms with Gasteiger partial charge in [-0.1, -0.05) is 49.4 Å². The van der Waals surface area contributed by atoms with Gasteiger partial charge in [0, 0.05) is 29.3 Å². The lowest BCUT2D eigenvalue weighted by molar-refractivity contribution is -0.137. The van der Waals surface area contributed by atoms with Crippen LogP contribution in [0.3, 0.4) is 0 Å². The Bertz CT molecular complexity index is 1460. The standard InChI is InChI=1S/C25H23N5O2S/c1-3-20-21(16-10-7-11-19-17(16)13-28-30(19)2)22-23(26-14-27-24(22)33-20)29-18(25(31)32)12-15-8-5-4-6-9-15/h4-11,13-14,18H,3,12H2,1-2H3,(H,31,32)(H,26,27,29). The minimum Gasteiger partial charge on any atom is -0.480 e. The molecule has 0 aliphatic carbocycles. The minimum atomic E-state index is -0.924. The van der Waals surface area contributed by atoms with E-state index in [2.05, 4.69) is 33.4 Å². The van der Waals surface area contributed by atoms with Crippen LogP contribution < -0.4 is 5.32 Å². The third-order valence-corrected chi connectivity index (χ3v) is 7.08. The molecule has 0 bridgehead atoms.